The Morgan fingerprint density at radius 1 is 0.778 bits per heavy atom. The van der Waals surface area contributed by atoms with E-state index in [4.69, 9.17) is 9.47 Å². The summed E-state index contributed by atoms with van der Waals surface area (Å²) in [4.78, 5) is 12.3. The molecule has 0 unspecified atom stereocenters. The predicted molar refractivity (Wildman–Crippen MR) is 107 cm³/mol. The van der Waals surface area contributed by atoms with Crippen LogP contribution in [0.1, 0.15) is 41.3 Å². The Kier molecular flexibility index (Phi) is 6.64. The minimum Gasteiger partial charge on any atom is -0.489 e. The van der Waals surface area contributed by atoms with Crippen LogP contribution in [0.5, 0.6) is 11.5 Å². The summed E-state index contributed by atoms with van der Waals surface area (Å²) in [5.74, 6) is 0.885. The maximum absolute atomic E-state index is 12.3. The number of hydrogen-bond donors (Lipinski definition) is 0. The van der Waals surface area contributed by atoms with Gasteiger partial charge in [0.15, 0.2) is 0 Å². The van der Waals surface area contributed by atoms with Crippen molar-refractivity contribution in [1.82, 2.24) is 0 Å². The molecule has 0 N–H and O–H groups in total. The van der Waals surface area contributed by atoms with Gasteiger partial charge in [0.1, 0.15) is 18.1 Å². The Labute approximate surface area is 160 Å². The Bertz CT molecular complexity index is 837. The highest BCUT2D eigenvalue weighted by atomic mass is 16.5. The maximum Gasteiger partial charge on any atom is 0.343 e. The summed E-state index contributed by atoms with van der Waals surface area (Å²) in [7, 11) is 0. The lowest BCUT2D eigenvalue weighted by atomic mass is 10.1. The fourth-order valence-electron chi connectivity index (χ4n) is 2.70. The van der Waals surface area contributed by atoms with E-state index in [1.54, 1.807) is 24.3 Å². The molecule has 0 saturated heterocycles. The number of ether oxygens (including phenoxy) is 2. The number of unbranched alkanes of at least 4 members (excludes halogenated alkanes) is 1. The molecule has 0 aliphatic rings. The second kappa shape index (κ2) is 9.58. The Balaban J connectivity index is 1.53. The van der Waals surface area contributed by atoms with Crippen LogP contribution in [0.3, 0.4) is 0 Å². The van der Waals surface area contributed by atoms with Crippen molar-refractivity contribution in [3.8, 4) is 11.5 Å². The van der Waals surface area contributed by atoms with Gasteiger partial charge in [-0.1, -0.05) is 55.8 Å². The van der Waals surface area contributed by atoms with E-state index < -0.39 is 0 Å². The van der Waals surface area contributed by atoms with Crippen LogP contribution >= 0.6 is 0 Å². The fraction of sp³-hybridized carbons (Fsp3) is 0.208. The quantitative estimate of drug-likeness (QED) is 0.375. The first kappa shape index (κ1) is 18.7. The van der Waals surface area contributed by atoms with Crippen molar-refractivity contribution in [2.45, 2.75) is 32.8 Å². The van der Waals surface area contributed by atoms with E-state index in [0.717, 1.165) is 30.6 Å². The van der Waals surface area contributed by atoms with Crippen LogP contribution in [0.2, 0.25) is 0 Å². The number of rotatable bonds is 8. The van der Waals surface area contributed by atoms with Gasteiger partial charge in [-0.15, -0.1) is 0 Å². The zero-order chi connectivity index (χ0) is 18.9. The molecule has 0 aliphatic carbocycles. The van der Waals surface area contributed by atoms with Crippen molar-refractivity contribution >= 4 is 5.97 Å². The molecule has 3 aromatic rings. The fourth-order valence-corrected chi connectivity index (χ4v) is 2.70. The van der Waals surface area contributed by atoms with Crippen molar-refractivity contribution < 1.29 is 14.3 Å². The van der Waals surface area contributed by atoms with Crippen LogP contribution in [-0.4, -0.2) is 5.97 Å². The van der Waals surface area contributed by atoms with E-state index in [2.05, 4.69) is 6.92 Å². The molecule has 0 fully saturated rings. The van der Waals surface area contributed by atoms with Crippen molar-refractivity contribution in [2.75, 3.05) is 0 Å². The minimum atomic E-state index is -0.352. The molecule has 3 heteroatoms. The molecule has 0 amide bonds. The average molecular weight is 360 g/mol. The van der Waals surface area contributed by atoms with Crippen molar-refractivity contribution in [2.24, 2.45) is 0 Å². The molecule has 0 saturated carbocycles. The predicted octanol–water partition coefficient (Wildman–Crippen LogP) is 5.83. The normalized spacial score (nSPS) is 10.4. The molecule has 27 heavy (non-hydrogen) atoms. The Morgan fingerprint density at radius 3 is 2.11 bits per heavy atom. The summed E-state index contributed by atoms with van der Waals surface area (Å²) in [5.41, 5.74) is 2.91. The van der Waals surface area contributed by atoms with Gasteiger partial charge in [-0.2, -0.15) is 0 Å². The lowest BCUT2D eigenvalue weighted by molar-refractivity contribution is 0.0734. The SMILES string of the molecule is CCCCc1ccc(C(=O)Oc2ccc(OCc3ccccc3)cc2)cc1. The van der Waals surface area contributed by atoms with E-state index in [9.17, 15) is 4.79 Å². The zero-order valence-electron chi connectivity index (χ0n) is 15.6. The monoisotopic (exact) mass is 360 g/mol. The molecule has 138 valence electrons. The van der Waals surface area contributed by atoms with Crippen LogP contribution in [0, 0.1) is 0 Å². The first-order valence-corrected chi connectivity index (χ1v) is 9.32. The van der Waals surface area contributed by atoms with Crippen molar-refractivity contribution in [1.29, 1.82) is 0 Å². The highest BCUT2D eigenvalue weighted by molar-refractivity contribution is 5.91. The van der Waals surface area contributed by atoms with Crippen LogP contribution in [0.4, 0.5) is 0 Å². The number of hydrogen-bond acceptors (Lipinski definition) is 3. The van der Waals surface area contributed by atoms with Crippen molar-refractivity contribution in [3.63, 3.8) is 0 Å². The van der Waals surface area contributed by atoms with Crippen molar-refractivity contribution in [3.05, 3.63) is 95.6 Å². The number of benzene rings is 3. The standard InChI is InChI=1S/C24H24O3/c1-2-3-7-19-10-12-21(13-11-19)24(25)27-23-16-14-22(15-17-23)26-18-20-8-5-4-6-9-20/h4-6,8-17H,2-3,7,18H2,1H3. The number of carbonyl (C=O) groups is 1. The smallest absolute Gasteiger partial charge is 0.343 e. The number of esters is 1. The Morgan fingerprint density at radius 2 is 1.44 bits per heavy atom. The molecule has 0 aliphatic heterocycles. The largest absolute Gasteiger partial charge is 0.489 e. The summed E-state index contributed by atoms with van der Waals surface area (Å²) in [6.07, 6.45) is 3.35. The summed E-state index contributed by atoms with van der Waals surface area (Å²) >= 11 is 0. The summed E-state index contributed by atoms with van der Waals surface area (Å²) in [6, 6.07) is 24.7. The molecule has 0 radical (unpaired) electrons. The maximum atomic E-state index is 12.3. The molecule has 3 nitrogen and oxygen atoms in total. The zero-order valence-corrected chi connectivity index (χ0v) is 15.6. The molecule has 0 aromatic heterocycles. The first-order valence-electron chi connectivity index (χ1n) is 9.32. The topological polar surface area (TPSA) is 35.5 Å². The number of aryl methyl sites for hydroxylation is 1. The molecular formula is C24H24O3. The third kappa shape index (κ3) is 5.71. The van der Waals surface area contributed by atoms with Crippen LogP contribution < -0.4 is 9.47 Å². The molecule has 0 spiro atoms. The number of carbonyl (C=O) groups excluding carboxylic acids is 1. The highest BCUT2D eigenvalue weighted by Crippen LogP contribution is 2.20. The lowest BCUT2D eigenvalue weighted by Gasteiger charge is -2.08. The minimum absolute atomic E-state index is 0.352. The van der Waals surface area contributed by atoms with Gasteiger partial charge in [0.05, 0.1) is 5.56 Å². The third-order valence-electron chi connectivity index (χ3n) is 4.29. The molecule has 0 heterocycles. The van der Waals surface area contributed by atoms with E-state index in [0.29, 0.717) is 17.9 Å². The molecular weight excluding hydrogens is 336 g/mol. The average Bonchev–Trinajstić information content (AvgIpc) is 2.73. The van der Waals surface area contributed by atoms with Crippen LogP contribution in [-0.2, 0) is 13.0 Å². The molecule has 3 aromatic carbocycles. The molecule has 0 atom stereocenters. The van der Waals surface area contributed by atoms with E-state index in [-0.39, 0.29) is 5.97 Å². The van der Waals surface area contributed by atoms with Gasteiger partial charge in [0.2, 0.25) is 0 Å². The Hall–Kier alpha value is -3.07. The van der Waals surface area contributed by atoms with Crippen LogP contribution in [0.15, 0.2) is 78.9 Å². The van der Waals surface area contributed by atoms with Gasteiger partial charge in [-0.3, -0.25) is 0 Å². The van der Waals surface area contributed by atoms with E-state index >= 15 is 0 Å². The van der Waals surface area contributed by atoms with Gasteiger partial charge in [0, 0.05) is 0 Å². The van der Waals surface area contributed by atoms with Gasteiger partial charge in [-0.05, 0) is 60.4 Å². The van der Waals surface area contributed by atoms with Gasteiger partial charge in [-0.25, -0.2) is 4.79 Å². The second-order valence-electron chi connectivity index (χ2n) is 6.44. The summed E-state index contributed by atoms with van der Waals surface area (Å²) in [5, 5.41) is 0. The van der Waals surface area contributed by atoms with E-state index in [1.807, 2.05) is 54.6 Å². The lowest BCUT2D eigenvalue weighted by Crippen LogP contribution is -2.08. The third-order valence-corrected chi connectivity index (χ3v) is 4.29. The first-order chi connectivity index (χ1) is 13.2. The molecule has 3 rings (SSSR count). The summed E-state index contributed by atoms with van der Waals surface area (Å²) in [6.45, 7) is 2.67. The highest BCUT2D eigenvalue weighted by Gasteiger charge is 2.09. The van der Waals surface area contributed by atoms with Gasteiger partial charge in [0.25, 0.3) is 0 Å². The molecule has 0 bridgehead atoms. The van der Waals surface area contributed by atoms with Gasteiger partial charge < -0.3 is 9.47 Å². The summed E-state index contributed by atoms with van der Waals surface area (Å²) < 4.78 is 11.2. The second-order valence-corrected chi connectivity index (χ2v) is 6.44. The van der Waals surface area contributed by atoms with E-state index in [1.165, 1.54) is 5.56 Å². The van der Waals surface area contributed by atoms with Crippen LogP contribution in [0.25, 0.3) is 0 Å². The van der Waals surface area contributed by atoms with Gasteiger partial charge >= 0.3 is 5.97 Å².